The van der Waals surface area contributed by atoms with Gasteiger partial charge in [-0.1, -0.05) is 20.8 Å². The van der Waals surface area contributed by atoms with Gasteiger partial charge in [0.05, 0.1) is 18.8 Å². The highest BCUT2D eigenvalue weighted by atomic mass is 28.4. The van der Waals surface area contributed by atoms with Gasteiger partial charge in [0.25, 0.3) is 5.78 Å². The average Bonchev–Trinajstić information content (AvgIpc) is 2.58. The van der Waals surface area contributed by atoms with Crippen molar-refractivity contribution < 1.29 is 23.1 Å². The lowest BCUT2D eigenvalue weighted by Crippen LogP contribution is -2.40. The van der Waals surface area contributed by atoms with Gasteiger partial charge >= 0.3 is 5.97 Å². The molecule has 7 heteroatoms. The third-order valence-corrected chi connectivity index (χ3v) is 9.54. The van der Waals surface area contributed by atoms with Crippen molar-refractivity contribution >= 4 is 30.8 Å². The molecule has 0 unspecified atom stereocenters. The van der Waals surface area contributed by atoms with Crippen LogP contribution in [0.2, 0.25) is 18.1 Å². The second kappa shape index (κ2) is 7.86. The van der Waals surface area contributed by atoms with E-state index in [1.807, 2.05) is 0 Å². The zero-order chi connectivity index (χ0) is 20.4. The number of benzene rings is 1. The van der Waals surface area contributed by atoms with E-state index in [2.05, 4.69) is 38.8 Å². The lowest BCUT2D eigenvalue weighted by Gasteiger charge is -2.36. The molecule has 5 nitrogen and oxygen atoms in total. The Labute approximate surface area is 160 Å². The van der Waals surface area contributed by atoms with E-state index in [1.54, 1.807) is 13.1 Å². The maximum atomic E-state index is 14.8. The number of pyridine rings is 1. The number of ketones is 1. The number of hydrogen-bond donors (Lipinski definition) is 0. The van der Waals surface area contributed by atoms with Crippen molar-refractivity contribution in [3.63, 3.8) is 0 Å². The Hall–Kier alpha value is -2.12. The third kappa shape index (κ3) is 4.41. The Morgan fingerprint density at radius 2 is 1.89 bits per heavy atom. The first kappa shape index (κ1) is 21.2. The number of Topliss-reactive ketones (excluding diaryl/α,β-unsaturated/α-hetero) is 1. The number of rotatable bonds is 6. The van der Waals surface area contributed by atoms with Gasteiger partial charge < -0.3 is 9.16 Å². The summed E-state index contributed by atoms with van der Waals surface area (Å²) in [6.45, 7) is 12.4. The SMILES string of the molecule is CCOC(=O)C(=O)c1c(F)cc(CO[Si](C)(C)C(C)(C)C)c2cnccc12. The molecule has 0 fully saturated rings. The van der Waals surface area contributed by atoms with Crippen LogP contribution in [0, 0.1) is 5.82 Å². The van der Waals surface area contributed by atoms with Crippen LogP contribution in [0.3, 0.4) is 0 Å². The van der Waals surface area contributed by atoms with E-state index in [4.69, 9.17) is 9.16 Å². The highest BCUT2D eigenvalue weighted by Crippen LogP contribution is 2.37. The number of aromatic nitrogens is 1. The summed E-state index contributed by atoms with van der Waals surface area (Å²) >= 11 is 0. The number of ether oxygens (including phenoxy) is 1. The predicted octanol–water partition coefficient (Wildman–Crippen LogP) is 4.64. The van der Waals surface area contributed by atoms with Gasteiger partial charge in [-0.2, -0.15) is 0 Å². The number of hydrogen-bond acceptors (Lipinski definition) is 5. The summed E-state index contributed by atoms with van der Waals surface area (Å²) in [5.41, 5.74) is 0.308. The summed E-state index contributed by atoms with van der Waals surface area (Å²) in [5, 5.41) is 0.932. The van der Waals surface area contributed by atoms with Gasteiger partial charge in [0.2, 0.25) is 0 Å². The molecule has 0 spiro atoms. The highest BCUT2D eigenvalue weighted by molar-refractivity contribution is 6.74. The van der Waals surface area contributed by atoms with Gasteiger partial charge in [-0.3, -0.25) is 9.78 Å². The first-order valence-corrected chi connectivity index (χ1v) is 11.8. The molecule has 1 heterocycles. The molecule has 0 aliphatic rings. The molecule has 0 bridgehead atoms. The maximum Gasteiger partial charge on any atom is 0.379 e. The summed E-state index contributed by atoms with van der Waals surface area (Å²) in [5.74, 6) is -2.83. The highest BCUT2D eigenvalue weighted by Gasteiger charge is 2.37. The van der Waals surface area contributed by atoms with Gasteiger partial charge in [-0.25, -0.2) is 9.18 Å². The van der Waals surface area contributed by atoms with Crippen LogP contribution in [0.15, 0.2) is 24.5 Å². The largest absolute Gasteiger partial charge is 0.460 e. The summed E-state index contributed by atoms with van der Waals surface area (Å²) in [6, 6.07) is 2.78. The fraction of sp³-hybridized carbons (Fsp3) is 0.450. The Kier molecular flexibility index (Phi) is 6.16. The molecule has 0 aliphatic carbocycles. The van der Waals surface area contributed by atoms with Gasteiger partial charge in [0.1, 0.15) is 5.82 Å². The average molecular weight is 392 g/mol. The number of esters is 1. The van der Waals surface area contributed by atoms with E-state index in [9.17, 15) is 14.0 Å². The number of fused-ring (bicyclic) bond motifs is 1. The van der Waals surface area contributed by atoms with Crippen LogP contribution in [-0.4, -0.2) is 31.7 Å². The van der Waals surface area contributed by atoms with Crippen LogP contribution < -0.4 is 0 Å². The molecule has 1 aromatic heterocycles. The minimum atomic E-state index is -2.04. The quantitative estimate of drug-likeness (QED) is 0.311. The van der Waals surface area contributed by atoms with E-state index >= 15 is 0 Å². The standard InChI is InChI=1S/C20H26FNO4Si/c1-7-25-19(24)18(23)17-14-8-9-22-11-15(14)13(10-16(17)21)12-26-27(5,6)20(2,3)4/h8-11H,7,12H2,1-6H3. The van der Waals surface area contributed by atoms with Gasteiger partial charge in [-0.05, 0) is 48.1 Å². The zero-order valence-electron chi connectivity index (χ0n) is 16.7. The molecule has 146 valence electrons. The van der Waals surface area contributed by atoms with Crippen molar-refractivity contribution in [1.82, 2.24) is 4.98 Å². The monoisotopic (exact) mass is 391 g/mol. The van der Waals surface area contributed by atoms with Crippen molar-refractivity contribution in [2.24, 2.45) is 0 Å². The number of nitrogens with zero attached hydrogens (tertiary/aromatic N) is 1. The van der Waals surface area contributed by atoms with E-state index in [0.717, 1.165) is 0 Å². The Morgan fingerprint density at radius 3 is 2.48 bits per heavy atom. The molecule has 0 atom stereocenters. The topological polar surface area (TPSA) is 65.5 Å². The molecule has 1 aromatic carbocycles. The minimum absolute atomic E-state index is 0.0133. The van der Waals surface area contributed by atoms with E-state index in [0.29, 0.717) is 16.3 Å². The Balaban J connectivity index is 2.49. The number of carbonyl (C=O) groups excluding carboxylic acids is 2. The second-order valence-electron chi connectivity index (χ2n) is 7.91. The molecule has 0 radical (unpaired) electrons. The van der Waals surface area contributed by atoms with Crippen molar-refractivity contribution in [3.8, 4) is 0 Å². The van der Waals surface area contributed by atoms with Gasteiger partial charge in [-0.15, -0.1) is 0 Å². The maximum absolute atomic E-state index is 14.8. The van der Waals surface area contributed by atoms with Crippen molar-refractivity contribution in [2.75, 3.05) is 6.61 Å². The molecule has 27 heavy (non-hydrogen) atoms. The molecule has 0 amide bonds. The molecular formula is C20H26FNO4Si. The molecule has 0 saturated carbocycles. The van der Waals surface area contributed by atoms with Crippen LogP contribution in [0.4, 0.5) is 4.39 Å². The smallest absolute Gasteiger partial charge is 0.379 e. The lowest BCUT2D eigenvalue weighted by atomic mass is 9.98. The third-order valence-electron chi connectivity index (χ3n) is 5.06. The first-order valence-electron chi connectivity index (χ1n) is 8.90. The Morgan fingerprint density at radius 1 is 1.22 bits per heavy atom. The number of carbonyl (C=O) groups is 2. The molecular weight excluding hydrogens is 365 g/mol. The lowest BCUT2D eigenvalue weighted by molar-refractivity contribution is -0.137. The summed E-state index contributed by atoms with van der Waals surface area (Å²) in [6.07, 6.45) is 3.02. The van der Waals surface area contributed by atoms with Crippen LogP contribution >= 0.6 is 0 Å². The summed E-state index contributed by atoms with van der Waals surface area (Å²) in [4.78, 5) is 28.3. The first-order chi connectivity index (χ1) is 12.5. The molecule has 2 aromatic rings. The van der Waals surface area contributed by atoms with E-state index in [-0.39, 0.29) is 23.8 Å². The fourth-order valence-electron chi connectivity index (χ4n) is 2.42. The molecule has 0 N–H and O–H groups in total. The fourth-order valence-corrected chi connectivity index (χ4v) is 3.37. The van der Waals surface area contributed by atoms with Gasteiger partial charge in [0.15, 0.2) is 8.32 Å². The minimum Gasteiger partial charge on any atom is -0.460 e. The van der Waals surface area contributed by atoms with Gasteiger partial charge in [0, 0.05) is 17.8 Å². The summed E-state index contributed by atoms with van der Waals surface area (Å²) in [7, 11) is -2.04. The van der Waals surface area contributed by atoms with Crippen molar-refractivity contribution in [2.45, 2.75) is 52.4 Å². The van der Waals surface area contributed by atoms with E-state index in [1.165, 1.54) is 18.3 Å². The van der Waals surface area contributed by atoms with Crippen LogP contribution in [-0.2, 0) is 20.6 Å². The predicted molar refractivity (Wildman–Crippen MR) is 105 cm³/mol. The summed E-state index contributed by atoms with van der Waals surface area (Å²) < 4.78 is 25.7. The van der Waals surface area contributed by atoms with Crippen molar-refractivity contribution in [3.05, 3.63) is 41.5 Å². The zero-order valence-corrected chi connectivity index (χ0v) is 17.7. The van der Waals surface area contributed by atoms with Crippen LogP contribution in [0.25, 0.3) is 10.8 Å². The molecule has 0 saturated heterocycles. The second-order valence-corrected chi connectivity index (χ2v) is 12.7. The van der Waals surface area contributed by atoms with Crippen LogP contribution in [0.5, 0.6) is 0 Å². The molecule has 2 rings (SSSR count). The van der Waals surface area contributed by atoms with Crippen molar-refractivity contribution in [1.29, 1.82) is 0 Å². The number of halogens is 1. The molecule has 0 aliphatic heterocycles. The van der Waals surface area contributed by atoms with Crippen LogP contribution in [0.1, 0.15) is 43.6 Å². The van der Waals surface area contributed by atoms with E-state index < -0.39 is 25.9 Å². The normalized spacial score (nSPS) is 12.3. The Bertz CT molecular complexity index is 874.